The van der Waals surface area contributed by atoms with Crippen molar-refractivity contribution < 1.29 is 9.90 Å². The highest BCUT2D eigenvalue weighted by Crippen LogP contribution is 2.24. The molecule has 21 heavy (non-hydrogen) atoms. The van der Waals surface area contributed by atoms with Gasteiger partial charge in [0.1, 0.15) is 0 Å². The third kappa shape index (κ3) is 3.32. The van der Waals surface area contributed by atoms with Crippen molar-refractivity contribution in [2.45, 2.75) is 0 Å². The number of benzene rings is 2. The molecule has 1 N–H and O–H groups in total. The zero-order chi connectivity index (χ0) is 13.2. The van der Waals surface area contributed by atoms with Gasteiger partial charge in [0.2, 0.25) is 0 Å². The number of nitrogens with zero attached hydrogens (tertiary/aromatic N) is 1. The van der Waals surface area contributed by atoms with Gasteiger partial charge in [-0.3, -0.25) is 0 Å². The second-order valence-electron chi connectivity index (χ2n) is 4.24. The van der Waals surface area contributed by atoms with Crippen molar-refractivity contribution in [1.29, 1.82) is 0 Å². The van der Waals surface area contributed by atoms with Gasteiger partial charge in [0.25, 0.3) is 0 Å². The number of aromatic nitrogens is 1. The van der Waals surface area contributed by atoms with Gasteiger partial charge < -0.3 is 5.11 Å². The van der Waals surface area contributed by atoms with Crippen LogP contribution < -0.4 is 0 Å². The van der Waals surface area contributed by atoms with E-state index in [-0.39, 0.29) is 30.4 Å². The number of para-hydroxylation sites is 1. The van der Waals surface area contributed by atoms with Gasteiger partial charge in [-0.2, -0.15) is 0 Å². The molecule has 3 aromatic rings. The summed E-state index contributed by atoms with van der Waals surface area (Å²) in [6.07, 6.45) is 0. The minimum atomic E-state index is -0.934. The van der Waals surface area contributed by atoms with E-state index in [2.05, 4.69) is 4.98 Å². The summed E-state index contributed by atoms with van der Waals surface area (Å²) >= 11 is 0. The van der Waals surface area contributed by atoms with E-state index in [1.165, 1.54) is 0 Å². The van der Waals surface area contributed by atoms with E-state index in [1.54, 1.807) is 12.1 Å². The van der Waals surface area contributed by atoms with Gasteiger partial charge in [-0.05, 0) is 12.1 Å². The topological polar surface area (TPSA) is 50.2 Å². The van der Waals surface area contributed by atoms with Crippen molar-refractivity contribution in [3.8, 4) is 11.3 Å². The quantitative estimate of drug-likeness (QED) is 0.758. The number of aromatic carboxylic acids is 1. The Balaban J connectivity index is 0.00000110. The predicted octanol–water partition coefficient (Wildman–Crippen LogP) is 4.44. The lowest BCUT2D eigenvalue weighted by molar-refractivity contribution is 0.0699. The molecule has 0 bridgehead atoms. The Morgan fingerprint density at radius 2 is 1.52 bits per heavy atom. The maximum atomic E-state index is 11.4. The SMILES string of the molecule is Cl.Cl.O=C(O)c1cc(-c2ccccc2)nc2ccccc12. The van der Waals surface area contributed by atoms with E-state index < -0.39 is 5.97 Å². The Hall–Kier alpha value is -2.10. The van der Waals surface area contributed by atoms with Crippen LogP contribution in [0.1, 0.15) is 10.4 Å². The van der Waals surface area contributed by atoms with Crippen LogP contribution in [0.15, 0.2) is 60.7 Å². The summed E-state index contributed by atoms with van der Waals surface area (Å²) in [6.45, 7) is 0. The van der Waals surface area contributed by atoms with Gasteiger partial charge in [-0.1, -0.05) is 48.5 Å². The Labute approximate surface area is 134 Å². The smallest absolute Gasteiger partial charge is 0.336 e. The fraction of sp³-hybridized carbons (Fsp3) is 0. The van der Waals surface area contributed by atoms with Crippen LogP contribution in [0.25, 0.3) is 22.2 Å². The van der Waals surface area contributed by atoms with Crippen molar-refractivity contribution in [3.05, 3.63) is 66.2 Å². The molecule has 0 unspecified atom stereocenters. The van der Waals surface area contributed by atoms with Crippen LogP contribution >= 0.6 is 24.8 Å². The average molecular weight is 322 g/mol. The zero-order valence-corrected chi connectivity index (χ0v) is 12.5. The third-order valence-electron chi connectivity index (χ3n) is 3.02. The van der Waals surface area contributed by atoms with Crippen LogP contribution in [0.2, 0.25) is 0 Å². The van der Waals surface area contributed by atoms with Crippen LogP contribution in [-0.4, -0.2) is 16.1 Å². The molecule has 0 fully saturated rings. The normalized spacial score (nSPS) is 9.52. The molecule has 0 aliphatic carbocycles. The fourth-order valence-electron chi connectivity index (χ4n) is 2.11. The highest BCUT2D eigenvalue weighted by Gasteiger charge is 2.12. The first kappa shape index (κ1) is 17.0. The molecule has 0 aliphatic rings. The number of rotatable bonds is 2. The first-order valence-electron chi connectivity index (χ1n) is 5.94. The average Bonchev–Trinajstić information content (AvgIpc) is 2.47. The molecule has 0 radical (unpaired) electrons. The fourth-order valence-corrected chi connectivity index (χ4v) is 2.11. The minimum absolute atomic E-state index is 0. The number of hydrogen-bond donors (Lipinski definition) is 1. The lowest BCUT2D eigenvalue weighted by atomic mass is 10.0. The third-order valence-corrected chi connectivity index (χ3v) is 3.02. The van der Waals surface area contributed by atoms with Gasteiger partial charge in [0, 0.05) is 10.9 Å². The molecular weight excluding hydrogens is 309 g/mol. The molecule has 1 aromatic heterocycles. The summed E-state index contributed by atoms with van der Waals surface area (Å²) < 4.78 is 0. The molecule has 0 atom stereocenters. The molecule has 0 saturated carbocycles. The lowest BCUT2D eigenvalue weighted by Gasteiger charge is -2.06. The predicted molar refractivity (Wildman–Crippen MR) is 88.6 cm³/mol. The molecule has 3 rings (SSSR count). The first-order chi connectivity index (χ1) is 9.25. The molecule has 5 heteroatoms. The Morgan fingerprint density at radius 1 is 0.905 bits per heavy atom. The van der Waals surface area contributed by atoms with Gasteiger partial charge in [0.15, 0.2) is 0 Å². The number of carboxylic acids is 1. The van der Waals surface area contributed by atoms with E-state index >= 15 is 0 Å². The van der Waals surface area contributed by atoms with E-state index in [0.29, 0.717) is 16.6 Å². The molecule has 108 valence electrons. The van der Waals surface area contributed by atoms with E-state index in [9.17, 15) is 9.90 Å². The summed E-state index contributed by atoms with van der Waals surface area (Å²) in [7, 11) is 0. The van der Waals surface area contributed by atoms with Crippen molar-refractivity contribution >= 4 is 41.7 Å². The first-order valence-corrected chi connectivity index (χ1v) is 5.94. The lowest BCUT2D eigenvalue weighted by Crippen LogP contribution is -2.00. The maximum absolute atomic E-state index is 11.4. The van der Waals surface area contributed by atoms with Gasteiger partial charge in [0.05, 0.1) is 16.8 Å². The molecule has 0 aliphatic heterocycles. The van der Waals surface area contributed by atoms with Crippen LogP contribution in [0.4, 0.5) is 0 Å². The highest BCUT2D eigenvalue weighted by atomic mass is 35.5. The summed E-state index contributed by atoms with van der Waals surface area (Å²) in [5.41, 5.74) is 2.57. The van der Waals surface area contributed by atoms with E-state index in [1.807, 2.05) is 48.5 Å². The van der Waals surface area contributed by atoms with Crippen LogP contribution in [0, 0.1) is 0 Å². The van der Waals surface area contributed by atoms with Gasteiger partial charge in [-0.15, -0.1) is 24.8 Å². The summed E-state index contributed by atoms with van der Waals surface area (Å²) in [6, 6.07) is 18.5. The van der Waals surface area contributed by atoms with E-state index in [0.717, 1.165) is 5.56 Å². The summed E-state index contributed by atoms with van der Waals surface area (Å²) in [4.78, 5) is 15.9. The monoisotopic (exact) mass is 321 g/mol. The molecule has 2 aromatic carbocycles. The standard InChI is InChI=1S/C16H11NO2.2ClH/c18-16(19)13-10-15(11-6-2-1-3-7-11)17-14-9-5-4-8-12(13)14;;/h1-10H,(H,18,19);2*1H. The highest BCUT2D eigenvalue weighted by molar-refractivity contribution is 6.03. The van der Waals surface area contributed by atoms with Crippen molar-refractivity contribution in [2.75, 3.05) is 0 Å². The van der Waals surface area contributed by atoms with Crippen molar-refractivity contribution in [3.63, 3.8) is 0 Å². The second kappa shape index (κ2) is 7.07. The number of carboxylic acid groups (broad SMARTS) is 1. The Bertz CT molecular complexity index is 761. The summed E-state index contributed by atoms with van der Waals surface area (Å²) in [5.74, 6) is -0.934. The molecule has 0 spiro atoms. The molecule has 0 amide bonds. The second-order valence-corrected chi connectivity index (χ2v) is 4.24. The number of carbonyl (C=O) groups is 1. The van der Waals surface area contributed by atoms with Crippen LogP contribution in [-0.2, 0) is 0 Å². The Kier molecular flexibility index (Phi) is 5.70. The number of halogens is 2. The van der Waals surface area contributed by atoms with Gasteiger partial charge >= 0.3 is 5.97 Å². The van der Waals surface area contributed by atoms with Crippen molar-refractivity contribution in [1.82, 2.24) is 4.98 Å². The maximum Gasteiger partial charge on any atom is 0.336 e. The van der Waals surface area contributed by atoms with Gasteiger partial charge in [-0.25, -0.2) is 9.78 Å². The number of hydrogen-bond acceptors (Lipinski definition) is 2. The largest absolute Gasteiger partial charge is 0.478 e. The van der Waals surface area contributed by atoms with Crippen molar-refractivity contribution in [2.24, 2.45) is 0 Å². The summed E-state index contributed by atoms with van der Waals surface area (Å²) in [5, 5.41) is 9.99. The van der Waals surface area contributed by atoms with Crippen LogP contribution in [0.5, 0.6) is 0 Å². The molecular formula is C16H13Cl2NO2. The van der Waals surface area contributed by atoms with Crippen LogP contribution in [0.3, 0.4) is 0 Å². The minimum Gasteiger partial charge on any atom is -0.478 e. The number of pyridine rings is 1. The molecule has 0 saturated heterocycles. The van der Waals surface area contributed by atoms with E-state index in [4.69, 9.17) is 0 Å². The Morgan fingerprint density at radius 3 is 2.19 bits per heavy atom. The number of fused-ring (bicyclic) bond motifs is 1. The molecule has 3 nitrogen and oxygen atoms in total. The molecule has 1 heterocycles. The zero-order valence-electron chi connectivity index (χ0n) is 10.9.